The number of benzene rings is 2. The Bertz CT molecular complexity index is 860. The zero-order chi connectivity index (χ0) is 18.4. The van der Waals surface area contributed by atoms with Crippen LogP contribution in [0.4, 0.5) is 5.69 Å². The van der Waals surface area contributed by atoms with Gasteiger partial charge in [0.05, 0.1) is 11.4 Å². The van der Waals surface area contributed by atoms with E-state index in [9.17, 15) is 8.42 Å². The summed E-state index contributed by atoms with van der Waals surface area (Å²) >= 11 is 0. The second kappa shape index (κ2) is 9.89. The Balaban J connectivity index is 0.00000338. The molecule has 0 aliphatic heterocycles. The number of nitrogens with zero attached hydrogens (tertiary/aromatic N) is 1. The minimum absolute atomic E-state index is 0. The summed E-state index contributed by atoms with van der Waals surface area (Å²) < 4.78 is 22.8. The van der Waals surface area contributed by atoms with Crippen molar-refractivity contribution >= 4 is 45.6 Å². The topological polar surface area (TPSA) is 111 Å². The number of hydrogen-bond acceptors (Lipinski definition) is 3. The van der Waals surface area contributed by atoms with Crippen molar-refractivity contribution in [2.45, 2.75) is 38.1 Å². The monoisotopic (exact) mass is 488 g/mol. The Hall–Kier alpha value is -1.65. The molecule has 2 aromatic carbocycles. The first kappa shape index (κ1) is 22.4. The van der Waals surface area contributed by atoms with E-state index in [0.717, 1.165) is 24.1 Å². The molecule has 142 valence electrons. The van der Waals surface area contributed by atoms with Gasteiger partial charge in [0.2, 0.25) is 10.0 Å². The highest BCUT2D eigenvalue weighted by Gasteiger charge is 2.09. The molecule has 0 saturated heterocycles. The molecule has 0 radical (unpaired) electrons. The number of hydrogen-bond donors (Lipinski definition) is 3. The van der Waals surface area contributed by atoms with Gasteiger partial charge in [0.15, 0.2) is 5.96 Å². The molecule has 0 aliphatic carbocycles. The number of primary sulfonamides is 1. The van der Waals surface area contributed by atoms with Gasteiger partial charge in [-0.1, -0.05) is 44.2 Å². The fourth-order valence-corrected chi connectivity index (χ4v) is 3.15. The molecule has 8 heteroatoms. The van der Waals surface area contributed by atoms with Crippen molar-refractivity contribution in [1.29, 1.82) is 0 Å². The maximum Gasteiger partial charge on any atom is 0.238 e. The largest absolute Gasteiger partial charge is 0.370 e. The Labute approximate surface area is 172 Å². The third-order valence-corrected chi connectivity index (χ3v) is 4.82. The second-order valence-electron chi connectivity index (χ2n) is 5.68. The molecule has 0 aromatic heterocycles. The lowest BCUT2D eigenvalue weighted by Gasteiger charge is -2.14. The van der Waals surface area contributed by atoms with Crippen molar-refractivity contribution in [3.8, 4) is 0 Å². The number of guanidine groups is 1. The molecule has 0 spiro atoms. The Morgan fingerprint density at radius 3 is 2.19 bits per heavy atom. The van der Waals surface area contributed by atoms with Gasteiger partial charge in [-0.3, -0.25) is 0 Å². The van der Waals surface area contributed by atoms with Gasteiger partial charge in [-0.2, -0.15) is 0 Å². The van der Waals surface area contributed by atoms with Crippen LogP contribution in [0.25, 0.3) is 0 Å². The second-order valence-corrected chi connectivity index (χ2v) is 7.24. The zero-order valence-electron chi connectivity index (χ0n) is 14.9. The predicted octanol–water partition coefficient (Wildman–Crippen LogP) is 3.00. The minimum atomic E-state index is -3.73. The zero-order valence-corrected chi connectivity index (χ0v) is 18.0. The first-order chi connectivity index (χ1) is 11.8. The van der Waals surface area contributed by atoms with Crippen molar-refractivity contribution in [3.63, 3.8) is 0 Å². The normalized spacial score (nSPS) is 11.7. The maximum absolute atomic E-state index is 11.4. The van der Waals surface area contributed by atoms with Crippen LogP contribution in [0, 0.1) is 0 Å². The molecule has 26 heavy (non-hydrogen) atoms. The fourth-order valence-electron chi connectivity index (χ4n) is 2.57. The summed E-state index contributed by atoms with van der Waals surface area (Å²) in [6.07, 6.45) is 1.78. The van der Waals surface area contributed by atoms with Crippen LogP contribution in [0.5, 0.6) is 0 Å². The van der Waals surface area contributed by atoms with E-state index < -0.39 is 10.0 Å². The molecule has 0 bridgehead atoms. The van der Waals surface area contributed by atoms with E-state index in [4.69, 9.17) is 10.9 Å². The average molecular weight is 488 g/mol. The molecule has 0 saturated carbocycles. The number of halogens is 1. The van der Waals surface area contributed by atoms with E-state index in [1.54, 1.807) is 12.1 Å². The molecular weight excluding hydrogens is 463 g/mol. The van der Waals surface area contributed by atoms with Gasteiger partial charge in [-0.15, -0.1) is 24.0 Å². The van der Waals surface area contributed by atoms with Gasteiger partial charge in [-0.05, 0) is 41.7 Å². The molecule has 2 rings (SSSR count). The van der Waals surface area contributed by atoms with Gasteiger partial charge in [0.1, 0.15) is 0 Å². The smallest absolute Gasteiger partial charge is 0.238 e. The first-order valence-corrected chi connectivity index (χ1v) is 9.69. The molecule has 2 aromatic rings. The highest BCUT2D eigenvalue weighted by Crippen LogP contribution is 2.22. The van der Waals surface area contributed by atoms with Crippen LogP contribution in [0.1, 0.15) is 30.5 Å². The highest BCUT2D eigenvalue weighted by atomic mass is 127. The predicted molar refractivity (Wildman–Crippen MR) is 117 cm³/mol. The summed E-state index contributed by atoms with van der Waals surface area (Å²) in [6, 6.07) is 12.5. The molecule has 0 aliphatic rings. The number of para-hydroxylation sites is 1. The van der Waals surface area contributed by atoms with E-state index in [2.05, 4.69) is 36.3 Å². The lowest BCUT2D eigenvalue weighted by molar-refractivity contribution is 0.597. The minimum Gasteiger partial charge on any atom is -0.370 e. The summed E-state index contributed by atoms with van der Waals surface area (Å²) in [4.78, 5) is 4.38. The van der Waals surface area contributed by atoms with Gasteiger partial charge < -0.3 is 11.1 Å². The summed E-state index contributed by atoms with van der Waals surface area (Å²) in [5, 5.41) is 8.33. The third kappa shape index (κ3) is 5.96. The lowest BCUT2D eigenvalue weighted by Crippen LogP contribution is -2.24. The summed E-state index contributed by atoms with van der Waals surface area (Å²) in [6.45, 7) is 4.44. The van der Waals surface area contributed by atoms with Crippen LogP contribution in [0.2, 0.25) is 0 Å². The Morgan fingerprint density at radius 2 is 1.65 bits per heavy atom. The molecule has 0 unspecified atom stereocenters. The Kier molecular flexibility index (Phi) is 8.51. The SMILES string of the molecule is CCc1cccc(CC)c1NC(N)=NCc1cccc(S(N)(=O)=O)c1.I. The van der Waals surface area contributed by atoms with Crippen molar-refractivity contribution in [3.05, 3.63) is 59.2 Å². The summed E-state index contributed by atoms with van der Waals surface area (Å²) in [7, 11) is -3.73. The number of aliphatic imine (C=N–C) groups is 1. The summed E-state index contributed by atoms with van der Waals surface area (Å²) in [5.41, 5.74) is 10.1. The fraction of sp³-hybridized carbons (Fsp3) is 0.278. The molecule has 0 amide bonds. The number of sulfonamides is 1. The quantitative estimate of drug-likeness (QED) is 0.330. The number of nitrogens with two attached hydrogens (primary N) is 2. The van der Waals surface area contributed by atoms with E-state index >= 15 is 0 Å². The lowest BCUT2D eigenvalue weighted by atomic mass is 10.0. The first-order valence-electron chi connectivity index (χ1n) is 8.14. The number of anilines is 1. The van der Waals surface area contributed by atoms with E-state index in [0.29, 0.717) is 0 Å². The highest BCUT2D eigenvalue weighted by molar-refractivity contribution is 14.0. The van der Waals surface area contributed by atoms with Crippen LogP contribution >= 0.6 is 24.0 Å². The molecule has 6 nitrogen and oxygen atoms in total. The average Bonchev–Trinajstić information content (AvgIpc) is 2.59. The van der Waals surface area contributed by atoms with E-state index in [-0.39, 0.29) is 41.4 Å². The van der Waals surface area contributed by atoms with Gasteiger partial charge in [0, 0.05) is 5.69 Å². The van der Waals surface area contributed by atoms with Crippen LogP contribution in [0.3, 0.4) is 0 Å². The number of rotatable bonds is 6. The van der Waals surface area contributed by atoms with E-state index in [1.807, 2.05) is 6.07 Å². The van der Waals surface area contributed by atoms with Gasteiger partial charge >= 0.3 is 0 Å². The Morgan fingerprint density at radius 1 is 1.08 bits per heavy atom. The van der Waals surface area contributed by atoms with Crippen LogP contribution in [0.15, 0.2) is 52.4 Å². The standard InChI is InChI=1S/C18H24N4O2S.HI/c1-3-14-8-6-9-15(4-2)17(14)22-18(19)21-12-13-7-5-10-16(11-13)25(20,23)24;/h5-11H,3-4,12H2,1-2H3,(H3,19,21,22)(H2,20,23,24);1H. The molecule has 0 fully saturated rings. The van der Waals surface area contributed by atoms with Crippen LogP contribution in [-0.4, -0.2) is 14.4 Å². The van der Waals surface area contributed by atoms with Crippen LogP contribution in [-0.2, 0) is 29.4 Å². The van der Waals surface area contributed by atoms with Crippen molar-refractivity contribution in [2.75, 3.05) is 5.32 Å². The number of nitrogens with one attached hydrogen (secondary N) is 1. The van der Waals surface area contributed by atoms with Gasteiger partial charge in [0.25, 0.3) is 0 Å². The molecular formula is C18H25IN4O2S. The van der Waals surface area contributed by atoms with Crippen molar-refractivity contribution in [1.82, 2.24) is 0 Å². The number of aryl methyl sites for hydroxylation is 2. The third-order valence-electron chi connectivity index (χ3n) is 3.91. The molecule has 0 heterocycles. The summed E-state index contributed by atoms with van der Waals surface area (Å²) in [5.74, 6) is 0.289. The van der Waals surface area contributed by atoms with Crippen molar-refractivity contribution < 1.29 is 8.42 Å². The van der Waals surface area contributed by atoms with E-state index in [1.165, 1.54) is 23.3 Å². The van der Waals surface area contributed by atoms with Gasteiger partial charge in [-0.25, -0.2) is 18.5 Å². The maximum atomic E-state index is 11.4. The van der Waals surface area contributed by atoms with Crippen molar-refractivity contribution in [2.24, 2.45) is 15.9 Å². The molecule has 5 N–H and O–H groups in total. The molecule has 0 atom stereocenters. The van der Waals surface area contributed by atoms with Crippen LogP contribution < -0.4 is 16.2 Å².